The van der Waals surface area contributed by atoms with Crippen LogP contribution < -0.4 is 10.6 Å². The van der Waals surface area contributed by atoms with E-state index >= 15 is 0 Å². The summed E-state index contributed by atoms with van der Waals surface area (Å²) in [7, 11) is 0. The minimum atomic E-state index is -0.144. The molecular formula is C15H15ClN4O2S2. The Morgan fingerprint density at radius 3 is 2.25 bits per heavy atom. The first kappa shape index (κ1) is 18.6. The van der Waals surface area contributed by atoms with Gasteiger partial charge in [-0.25, -0.2) is 0 Å². The Kier molecular flexibility index (Phi) is 7.87. The number of nitrogens with one attached hydrogen (secondary N) is 2. The first-order chi connectivity index (χ1) is 11.6. The van der Waals surface area contributed by atoms with Crippen LogP contribution in [-0.4, -0.2) is 38.4 Å². The maximum Gasteiger partial charge on any atom is 0.234 e. The van der Waals surface area contributed by atoms with Gasteiger partial charge in [-0.3, -0.25) is 19.6 Å². The summed E-state index contributed by atoms with van der Waals surface area (Å²) in [6.45, 7) is 0. The van der Waals surface area contributed by atoms with Crippen LogP contribution in [-0.2, 0) is 9.59 Å². The average molecular weight is 383 g/mol. The van der Waals surface area contributed by atoms with E-state index in [9.17, 15) is 9.59 Å². The Morgan fingerprint density at radius 1 is 0.958 bits per heavy atom. The number of nitrogens with zero attached hydrogens (tertiary/aromatic N) is 2. The first-order valence-electron chi connectivity index (χ1n) is 6.90. The third-order valence-electron chi connectivity index (χ3n) is 2.64. The largest absolute Gasteiger partial charge is 0.325 e. The van der Waals surface area contributed by atoms with Gasteiger partial charge < -0.3 is 10.6 Å². The SMILES string of the molecule is O=C(CSCSCC(=O)Nc1ccncc1Cl)Nc1ccncc1. The quantitative estimate of drug-likeness (QED) is 0.539. The van der Waals surface area contributed by atoms with Crippen LogP contribution in [0.3, 0.4) is 0 Å². The number of aromatic nitrogens is 2. The van der Waals surface area contributed by atoms with Crippen LogP contribution in [0.1, 0.15) is 0 Å². The lowest BCUT2D eigenvalue weighted by atomic mass is 10.4. The second-order valence-corrected chi connectivity index (χ2v) is 7.25. The normalized spacial score (nSPS) is 10.2. The van der Waals surface area contributed by atoms with Gasteiger partial charge in [0.05, 0.1) is 22.2 Å². The molecule has 0 radical (unpaired) electrons. The lowest BCUT2D eigenvalue weighted by molar-refractivity contribution is -0.114. The van der Waals surface area contributed by atoms with E-state index in [1.807, 2.05) is 0 Å². The smallest absolute Gasteiger partial charge is 0.234 e. The van der Waals surface area contributed by atoms with Crippen LogP contribution in [0.2, 0.25) is 5.02 Å². The molecule has 0 atom stereocenters. The number of thioether (sulfide) groups is 2. The third kappa shape index (κ3) is 6.77. The third-order valence-corrected chi connectivity index (χ3v) is 5.21. The molecule has 0 unspecified atom stereocenters. The van der Waals surface area contributed by atoms with E-state index in [1.54, 1.807) is 36.8 Å². The van der Waals surface area contributed by atoms with E-state index in [0.29, 0.717) is 21.5 Å². The van der Waals surface area contributed by atoms with E-state index in [4.69, 9.17) is 11.6 Å². The Morgan fingerprint density at radius 2 is 1.58 bits per heavy atom. The number of carbonyl (C=O) groups is 2. The summed E-state index contributed by atoms with van der Waals surface area (Å²) in [5.74, 6) is 0.389. The lowest BCUT2D eigenvalue weighted by Crippen LogP contribution is -2.15. The van der Waals surface area contributed by atoms with Crippen LogP contribution in [0.5, 0.6) is 0 Å². The van der Waals surface area contributed by atoms with Crippen molar-refractivity contribution in [1.29, 1.82) is 0 Å². The van der Waals surface area contributed by atoms with Crippen molar-refractivity contribution in [2.75, 3.05) is 27.2 Å². The monoisotopic (exact) mass is 382 g/mol. The van der Waals surface area contributed by atoms with Gasteiger partial charge in [0.2, 0.25) is 11.8 Å². The number of pyridine rings is 2. The van der Waals surface area contributed by atoms with Crippen molar-refractivity contribution in [3.8, 4) is 0 Å². The highest BCUT2D eigenvalue weighted by molar-refractivity contribution is 8.16. The zero-order valence-corrected chi connectivity index (χ0v) is 15.0. The topological polar surface area (TPSA) is 84.0 Å². The number of rotatable bonds is 8. The highest BCUT2D eigenvalue weighted by Crippen LogP contribution is 2.20. The van der Waals surface area contributed by atoms with Gasteiger partial charge in [-0.15, -0.1) is 23.5 Å². The van der Waals surface area contributed by atoms with Crippen LogP contribution in [0, 0.1) is 0 Å². The predicted molar refractivity (Wildman–Crippen MR) is 101 cm³/mol. The fourth-order valence-corrected chi connectivity index (χ4v) is 3.44. The zero-order valence-electron chi connectivity index (χ0n) is 12.6. The Hall–Kier alpha value is -1.77. The van der Waals surface area contributed by atoms with Crippen LogP contribution in [0.15, 0.2) is 43.0 Å². The molecule has 0 saturated heterocycles. The van der Waals surface area contributed by atoms with E-state index in [2.05, 4.69) is 20.6 Å². The highest BCUT2D eigenvalue weighted by atomic mass is 35.5. The number of hydrogen-bond acceptors (Lipinski definition) is 6. The molecule has 0 aliphatic carbocycles. The second kappa shape index (κ2) is 10.2. The Bertz CT molecular complexity index is 688. The van der Waals surface area contributed by atoms with E-state index < -0.39 is 0 Å². The molecule has 0 fully saturated rings. The van der Waals surface area contributed by atoms with Gasteiger partial charge in [0.25, 0.3) is 0 Å². The van der Waals surface area contributed by atoms with Crippen molar-refractivity contribution >= 4 is 58.3 Å². The highest BCUT2D eigenvalue weighted by Gasteiger charge is 2.07. The number of halogens is 1. The van der Waals surface area contributed by atoms with Crippen LogP contribution in [0.25, 0.3) is 0 Å². The number of anilines is 2. The van der Waals surface area contributed by atoms with Gasteiger partial charge >= 0.3 is 0 Å². The standard InChI is InChI=1S/C15H15ClN4O2S2/c16-12-7-18-6-3-13(12)20-15(22)9-24-10-23-8-14(21)19-11-1-4-17-5-2-11/h1-7H,8-10H2,(H,17,19,21)(H,18,20,22). The van der Waals surface area contributed by atoms with E-state index in [-0.39, 0.29) is 17.6 Å². The molecule has 2 aromatic heterocycles. The molecule has 2 rings (SSSR count). The van der Waals surface area contributed by atoms with Crippen molar-refractivity contribution in [2.45, 2.75) is 0 Å². The maximum atomic E-state index is 11.8. The molecule has 0 aromatic carbocycles. The van der Waals surface area contributed by atoms with Crippen molar-refractivity contribution in [3.63, 3.8) is 0 Å². The molecule has 0 aliphatic heterocycles. The summed E-state index contributed by atoms with van der Waals surface area (Å²) in [4.78, 5) is 31.3. The van der Waals surface area contributed by atoms with Crippen LogP contribution >= 0.6 is 35.1 Å². The summed E-state index contributed by atoms with van der Waals surface area (Å²) in [6, 6.07) is 5.10. The molecule has 2 aromatic rings. The molecule has 0 saturated carbocycles. The van der Waals surface area contributed by atoms with Gasteiger partial charge in [-0.2, -0.15) is 0 Å². The van der Waals surface area contributed by atoms with E-state index in [1.165, 1.54) is 29.7 Å². The van der Waals surface area contributed by atoms with Crippen molar-refractivity contribution in [1.82, 2.24) is 9.97 Å². The van der Waals surface area contributed by atoms with Crippen molar-refractivity contribution in [2.24, 2.45) is 0 Å². The Labute approximate surface area is 153 Å². The molecule has 9 heteroatoms. The van der Waals surface area contributed by atoms with Gasteiger partial charge in [-0.1, -0.05) is 11.6 Å². The van der Waals surface area contributed by atoms with Gasteiger partial charge in [-0.05, 0) is 18.2 Å². The molecule has 126 valence electrons. The van der Waals surface area contributed by atoms with Crippen LogP contribution in [0.4, 0.5) is 11.4 Å². The molecule has 0 spiro atoms. The summed E-state index contributed by atoms with van der Waals surface area (Å²) in [5, 5.41) is 6.53. The summed E-state index contributed by atoms with van der Waals surface area (Å²) < 4.78 is 0. The molecule has 2 N–H and O–H groups in total. The number of amides is 2. The average Bonchev–Trinajstić information content (AvgIpc) is 2.57. The minimum Gasteiger partial charge on any atom is -0.325 e. The lowest BCUT2D eigenvalue weighted by Gasteiger charge is -2.07. The fourth-order valence-electron chi connectivity index (χ4n) is 1.62. The maximum absolute atomic E-state index is 11.8. The summed E-state index contributed by atoms with van der Waals surface area (Å²) >= 11 is 8.81. The van der Waals surface area contributed by atoms with Gasteiger partial charge in [0.1, 0.15) is 0 Å². The molecule has 2 heterocycles. The van der Waals surface area contributed by atoms with Crippen molar-refractivity contribution in [3.05, 3.63) is 48.0 Å². The summed E-state index contributed by atoms with van der Waals surface area (Å²) in [6.07, 6.45) is 6.27. The van der Waals surface area contributed by atoms with Gasteiger partial charge in [0.15, 0.2) is 0 Å². The molecule has 0 aliphatic rings. The van der Waals surface area contributed by atoms with Crippen molar-refractivity contribution < 1.29 is 9.59 Å². The molecule has 6 nitrogen and oxygen atoms in total. The molecular weight excluding hydrogens is 368 g/mol. The zero-order chi connectivity index (χ0) is 17.2. The summed E-state index contributed by atoms with van der Waals surface area (Å²) in [5.41, 5.74) is 1.26. The Balaban J connectivity index is 1.58. The van der Waals surface area contributed by atoms with E-state index in [0.717, 1.165) is 5.69 Å². The minimum absolute atomic E-state index is 0.0835. The first-order valence-corrected chi connectivity index (χ1v) is 9.58. The molecule has 0 bridgehead atoms. The number of hydrogen-bond donors (Lipinski definition) is 2. The van der Waals surface area contributed by atoms with Gasteiger partial charge in [0, 0.05) is 35.6 Å². The molecule has 24 heavy (non-hydrogen) atoms. The predicted octanol–water partition coefficient (Wildman–Crippen LogP) is 3.13. The number of carbonyl (C=O) groups excluding carboxylic acids is 2. The second-order valence-electron chi connectivity index (χ2n) is 4.50. The molecule has 2 amide bonds. The fraction of sp³-hybridized carbons (Fsp3) is 0.200.